The van der Waals surface area contributed by atoms with Crippen molar-refractivity contribution in [3.05, 3.63) is 119 Å². The molecule has 3 atom stereocenters. The molecule has 3 aliphatic heterocycles. The first-order chi connectivity index (χ1) is 44.3. The summed E-state index contributed by atoms with van der Waals surface area (Å²) in [5.41, 5.74) is -1.28. The van der Waals surface area contributed by atoms with E-state index in [-0.39, 0.29) is 68.3 Å². The zero-order valence-corrected chi connectivity index (χ0v) is 52.7. The quantitative estimate of drug-likeness (QED) is 0.0140. The first-order valence-corrected chi connectivity index (χ1v) is 30.9. The van der Waals surface area contributed by atoms with Crippen molar-refractivity contribution in [1.82, 2.24) is 25.8 Å². The van der Waals surface area contributed by atoms with Crippen LogP contribution in [0.5, 0.6) is 17.2 Å². The summed E-state index contributed by atoms with van der Waals surface area (Å²) in [5.74, 6) is -7.17. The maximum Gasteiger partial charge on any atom is 0.342 e. The number of anilines is 1. The number of benzene rings is 4. The molecule has 92 heavy (non-hydrogen) atoms. The summed E-state index contributed by atoms with van der Waals surface area (Å²) < 4.78 is 45.1. The molecular weight excluding hydrogens is 1190 g/mol. The van der Waals surface area contributed by atoms with Gasteiger partial charge in [0.25, 0.3) is 29.5 Å². The highest BCUT2D eigenvalue weighted by Crippen LogP contribution is 2.40. The third kappa shape index (κ3) is 18.8. The molecule has 25 nitrogen and oxygen atoms in total. The SMILES string of the molecule is CCC(C)(C)C(=O)C(=O)N1CCCC[C@H]1C(=O)O[C@H](CCc1ccc(OC)c(OC)c1)c1cccc(NC(=O)CCC(=O)NCCCOCCOCCOCCCNC(=O)COc2cccc3c2C(=O)N([C@@]2(C(=O)OCc4ccccc4)CCC(=O)NC2=O)C3=O)c1. The first kappa shape index (κ1) is 70.4. The number of hydrogen-bond donors (Lipinski definition) is 4. The lowest BCUT2D eigenvalue weighted by molar-refractivity contribution is -0.165. The van der Waals surface area contributed by atoms with Gasteiger partial charge in [0, 0.05) is 63.2 Å². The molecule has 4 aromatic carbocycles. The van der Waals surface area contributed by atoms with Gasteiger partial charge in [-0.15, -0.1) is 0 Å². The largest absolute Gasteiger partial charge is 0.493 e. The molecule has 25 heteroatoms. The number of aryl methyl sites for hydroxylation is 1. The van der Waals surface area contributed by atoms with E-state index in [0.717, 1.165) is 5.56 Å². The van der Waals surface area contributed by atoms with Gasteiger partial charge in [-0.05, 0) is 111 Å². The number of nitrogens with zero attached hydrogens (tertiary/aromatic N) is 2. The summed E-state index contributed by atoms with van der Waals surface area (Å²) in [6.45, 7) is 7.16. The maximum atomic E-state index is 14.1. The molecule has 8 amide bonds. The fourth-order valence-corrected chi connectivity index (χ4v) is 10.5. The van der Waals surface area contributed by atoms with Gasteiger partial charge in [0.2, 0.25) is 29.0 Å². The van der Waals surface area contributed by atoms with Gasteiger partial charge in [-0.2, -0.15) is 0 Å². The average molecular weight is 1280 g/mol. The lowest BCUT2D eigenvalue weighted by atomic mass is 9.84. The summed E-state index contributed by atoms with van der Waals surface area (Å²) in [5, 5.41) is 10.4. The zero-order chi connectivity index (χ0) is 66.2. The summed E-state index contributed by atoms with van der Waals surface area (Å²) in [6, 6.07) is 24.2. The summed E-state index contributed by atoms with van der Waals surface area (Å²) >= 11 is 0. The number of ether oxygens (including phenoxy) is 8. The lowest BCUT2D eigenvalue weighted by Gasteiger charge is -2.38. The van der Waals surface area contributed by atoms with Crippen LogP contribution in [-0.4, -0.2) is 166 Å². The van der Waals surface area contributed by atoms with Crippen molar-refractivity contribution >= 4 is 70.7 Å². The third-order valence-corrected chi connectivity index (χ3v) is 16.1. The van der Waals surface area contributed by atoms with E-state index < -0.39 is 95.2 Å². The van der Waals surface area contributed by atoms with Crippen molar-refractivity contribution in [2.45, 2.75) is 122 Å². The van der Waals surface area contributed by atoms with Crippen LogP contribution in [0.3, 0.4) is 0 Å². The molecule has 3 aliphatic rings. The molecule has 0 saturated carbocycles. The third-order valence-electron chi connectivity index (χ3n) is 16.1. The number of esters is 2. The van der Waals surface area contributed by atoms with E-state index in [1.54, 1.807) is 88.7 Å². The van der Waals surface area contributed by atoms with Crippen molar-refractivity contribution in [2.75, 3.05) is 85.4 Å². The number of carbonyl (C=O) groups is 11. The summed E-state index contributed by atoms with van der Waals surface area (Å²) in [6.07, 6.45) is 2.10. The van der Waals surface area contributed by atoms with Crippen LogP contribution >= 0.6 is 0 Å². The zero-order valence-electron chi connectivity index (χ0n) is 52.7. The number of Topliss-reactive ketones (excluding diaryl/α,β-unsaturated/α-hetero) is 1. The predicted molar refractivity (Wildman–Crippen MR) is 331 cm³/mol. The molecule has 2 fully saturated rings. The number of piperidine rings is 2. The number of fused-ring (bicyclic) bond motifs is 1. The molecule has 0 bridgehead atoms. The minimum absolute atomic E-state index is 0.0605. The fraction of sp³-hybridized carbons (Fsp3) is 0.478. The minimum Gasteiger partial charge on any atom is -0.493 e. The standard InChI is InChI=1S/C67H82N6O19/c1-6-66(2,3)59(78)62(81)72-33-11-10-21-49(72)63(82)92-50(25-23-44-24-26-51(85-4)53(40-44)86-5)46-18-12-19-47(41-46)70-55(75)28-27-54(74)68-31-14-34-87-36-38-89-39-37-88-35-15-32-69-57(77)43-90-52-22-13-20-48-58(52)61(80)73(60(48)79)67(30-29-56(76)71-64(67)83)65(84)91-42-45-16-8-7-9-17-45/h7-9,12-13,16-20,22,24,26,40-41,49-50H,6,10-11,14-15,21,23,25,27-39,42-43H2,1-5H3,(H,68,74)(H,69,77)(H,70,75)(H,71,76,83)/t49-,50+,67-/m0/s1. The number of likely N-dealkylation sites (tertiary alicyclic amines) is 1. The Kier molecular flexibility index (Phi) is 26.3. The average Bonchev–Trinajstić information content (AvgIpc) is 1.53. The summed E-state index contributed by atoms with van der Waals surface area (Å²) in [4.78, 5) is 148. The molecule has 0 unspecified atom stereocenters. The molecule has 0 spiro atoms. The Morgan fingerprint density at radius 2 is 1.38 bits per heavy atom. The second kappa shape index (κ2) is 34.4. The number of amides is 8. The molecule has 0 aromatic heterocycles. The molecule has 7 rings (SSSR count). The number of imide groups is 2. The van der Waals surface area contributed by atoms with Crippen LogP contribution in [0.15, 0.2) is 91.0 Å². The van der Waals surface area contributed by atoms with Crippen LogP contribution in [0.2, 0.25) is 0 Å². The first-order valence-electron chi connectivity index (χ1n) is 30.9. The number of rotatable bonds is 36. The molecule has 2 saturated heterocycles. The predicted octanol–water partition coefficient (Wildman–Crippen LogP) is 5.68. The number of hydrogen-bond acceptors (Lipinski definition) is 19. The number of nitrogens with one attached hydrogen (secondary N) is 4. The normalized spacial score (nSPS) is 16.6. The van der Waals surface area contributed by atoms with E-state index in [1.165, 1.54) is 23.1 Å². The Labute approximate surface area is 534 Å². The van der Waals surface area contributed by atoms with E-state index in [4.69, 9.17) is 37.9 Å². The van der Waals surface area contributed by atoms with Crippen molar-refractivity contribution < 1.29 is 90.6 Å². The maximum absolute atomic E-state index is 14.1. The molecular formula is C67H82N6O19. The molecule has 3 heterocycles. The van der Waals surface area contributed by atoms with Crippen LogP contribution in [0.25, 0.3) is 0 Å². The van der Waals surface area contributed by atoms with Crippen LogP contribution in [0.1, 0.15) is 135 Å². The van der Waals surface area contributed by atoms with Gasteiger partial charge < -0.3 is 58.7 Å². The Balaban J connectivity index is 0.747. The smallest absolute Gasteiger partial charge is 0.342 e. The van der Waals surface area contributed by atoms with E-state index in [2.05, 4.69) is 21.3 Å². The molecule has 0 radical (unpaired) electrons. The van der Waals surface area contributed by atoms with Crippen molar-refractivity contribution in [1.29, 1.82) is 0 Å². The van der Waals surface area contributed by atoms with Crippen LogP contribution in [0.4, 0.5) is 5.69 Å². The van der Waals surface area contributed by atoms with Gasteiger partial charge in [0.05, 0.1) is 51.8 Å². The Hall–Kier alpha value is -9.07. The Bertz CT molecular complexity index is 3300. The highest BCUT2D eigenvalue weighted by Gasteiger charge is 2.62. The number of carbonyl (C=O) groups excluding carboxylic acids is 11. The highest BCUT2D eigenvalue weighted by atomic mass is 16.6. The van der Waals surface area contributed by atoms with Crippen molar-refractivity contribution in [2.24, 2.45) is 5.41 Å². The monoisotopic (exact) mass is 1270 g/mol. The van der Waals surface area contributed by atoms with Crippen molar-refractivity contribution in [3.63, 3.8) is 0 Å². The van der Waals surface area contributed by atoms with Crippen LogP contribution < -0.4 is 35.5 Å². The van der Waals surface area contributed by atoms with Gasteiger partial charge in [0.1, 0.15) is 24.5 Å². The second-order valence-electron chi connectivity index (χ2n) is 22.9. The van der Waals surface area contributed by atoms with Gasteiger partial charge >= 0.3 is 11.9 Å². The summed E-state index contributed by atoms with van der Waals surface area (Å²) in [7, 11) is 3.09. The van der Waals surface area contributed by atoms with E-state index in [9.17, 15) is 52.7 Å². The topological polar surface area (TPSA) is 316 Å². The van der Waals surface area contributed by atoms with Gasteiger partial charge in [-0.25, -0.2) is 14.5 Å². The highest BCUT2D eigenvalue weighted by molar-refractivity contribution is 6.38. The number of methoxy groups -OCH3 is 2. The van der Waals surface area contributed by atoms with Crippen LogP contribution in [-0.2, 0) is 79.9 Å². The Morgan fingerprint density at radius 3 is 2.07 bits per heavy atom. The van der Waals surface area contributed by atoms with Crippen LogP contribution in [0, 0.1) is 5.41 Å². The number of ketones is 1. The lowest BCUT2D eigenvalue weighted by Crippen LogP contribution is -2.68. The molecule has 4 N–H and O–H groups in total. The van der Waals surface area contributed by atoms with Gasteiger partial charge in [-0.1, -0.05) is 75.4 Å². The fourth-order valence-electron chi connectivity index (χ4n) is 10.5. The van der Waals surface area contributed by atoms with E-state index in [1.807, 2.05) is 19.1 Å². The van der Waals surface area contributed by atoms with E-state index in [0.29, 0.717) is 124 Å². The van der Waals surface area contributed by atoms with E-state index >= 15 is 0 Å². The Morgan fingerprint density at radius 1 is 0.707 bits per heavy atom. The molecule has 4 aromatic rings. The van der Waals surface area contributed by atoms with Gasteiger partial charge in [-0.3, -0.25) is 48.5 Å². The molecule has 0 aliphatic carbocycles. The van der Waals surface area contributed by atoms with Gasteiger partial charge in [0.15, 0.2) is 18.1 Å². The van der Waals surface area contributed by atoms with Crippen molar-refractivity contribution in [3.8, 4) is 17.2 Å². The molecule has 494 valence electrons. The second-order valence-corrected chi connectivity index (χ2v) is 22.9. The minimum atomic E-state index is -2.48.